The molecule has 252 valence electrons. The minimum Gasteiger partial charge on any atom is -0.493 e. The van der Waals surface area contributed by atoms with Gasteiger partial charge in [-0.3, -0.25) is 9.80 Å². The van der Waals surface area contributed by atoms with Crippen molar-refractivity contribution in [2.24, 2.45) is 0 Å². The van der Waals surface area contributed by atoms with E-state index in [1.165, 1.54) is 29.6 Å². The molecule has 12 heteroatoms. The van der Waals surface area contributed by atoms with E-state index in [-0.39, 0.29) is 23.0 Å². The largest absolute Gasteiger partial charge is 0.493 e. The second-order valence-electron chi connectivity index (χ2n) is 12.9. The number of nitrogens with zero attached hydrogens (tertiary/aromatic N) is 4. The first kappa shape index (κ1) is 31.6. The van der Waals surface area contributed by atoms with Crippen LogP contribution in [0.5, 0.6) is 11.5 Å². The summed E-state index contributed by atoms with van der Waals surface area (Å²) in [5, 5.41) is 2.70. The van der Waals surface area contributed by atoms with Crippen molar-refractivity contribution in [2.45, 2.75) is 62.2 Å². The fourth-order valence-electron chi connectivity index (χ4n) is 7.95. The topological polar surface area (TPSA) is 138 Å². The van der Waals surface area contributed by atoms with Crippen LogP contribution in [0.3, 0.4) is 0 Å². The average molecular weight is 654 g/mol. The summed E-state index contributed by atoms with van der Waals surface area (Å²) in [6.45, 7) is 6.56. The van der Waals surface area contributed by atoms with Crippen molar-refractivity contribution in [1.82, 2.24) is 25.3 Å². The van der Waals surface area contributed by atoms with Crippen molar-refractivity contribution in [3.63, 3.8) is 0 Å². The standard InChI is InChI=1S/C18H22N4O2.C18H21N3O3/c1-3-22(17(23)19-2)12-4-5-16-13(8-12)18(6-7-24-16)9-14(18)15-10-20-11-21-15;1-3-21(17(22)23-2)12-4-5-16-13(8-12)18(6-7-24-16)9-14(18)15-10-19-11-20-15/h4-5,8,10-11,14H,3,6-7,9H2,1-2H3,(H,19,23)(H,20,21);4-5,8,10-11,14H,3,6-7,9H2,1-2H3,(H,19,20). The Morgan fingerprint density at radius 1 is 0.854 bits per heavy atom. The number of methoxy groups -OCH3 is 1. The number of fused-ring (bicyclic) bond motifs is 4. The van der Waals surface area contributed by atoms with Crippen LogP contribution in [0.4, 0.5) is 21.0 Å². The van der Waals surface area contributed by atoms with Gasteiger partial charge in [-0.1, -0.05) is 0 Å². The van der Waals surface area contributed by atoms with Gasteiger partial charge in [-0.2, -0.15) is 0 Å². The second-order valence-corrected chi connectivity index (χ2v) is 12.9. The number of imidazole rings is 2. The first-order chi connectivity index (χ1) is 23.4. The molecule has 4 heterocycles. The van der Waals surface area contributed by atoms with Gasteiger partial charge in [0.1, 0.15) is 11.5 Å². The predicted molar refractivity (Wildman–Crippen MR) is 181 cm³/mol. The fraction of sp³-hybridized carbons (Fsp3) is 0.444. The Bertz CT molecular complexity index is 1650. The first-order valence-electron chi connectivity index (χ1n) is 16.7. The number of hydrogen-bond donors (Lipinski definition) is 3. The van der Waals surface area contributed by atoms with Crippen LogP contribution in [0.2, 0.25) is 0 Å². The highest BCUT2D eigenvalue weighted by Crippen LogP contribution is 2.66. The molecule has 2 spiro atoms. The molecule has 48 heavy (non-hydrogen) atoms. The minimum atomic E-state index is -0.343. The Hall–Kier alpha value is -5.00. The lowest BCUT2D eigenvalue weighted by Crippen LogP contribution is -2.38. The third-order valence-electron chi connectivity index (χ3n) is 10.7. The molecule has 0 bridgehead atoms. The molecule has 2 fully saturated rings. The molecule has 0 radical (unpaired) electrons. The van der Waals surface area contributed by atoms with E-state index >= 15 is 0 Å². The van der Waals surface area contributed by atoms with Crippen LogP contribution in [0.15, 0.2) is 61.4 Å². The van der Waals surface area contributed by atoms with E-state index in [4.69, 9.17) is 14.2 Å². The number of anilines is 2. The SMILES string of the molecule is CCN(C(=O)NC)c1ccc2c(c1)C1(CCO2)CC1c1cnc[nH]1.CCN(C(=O)OC)c1ccc2c(c1)C1(CCO2)CC1c1cnc[nH]1. The number of carbonyl (C=O) groups is 2. The summed E-state index contributed by atoms with van der Waals surface area (Å²) in [7, 11) is 3.06. The second kappa shape index (κ2) is 12.6. The predicted octanol–water partition coefficient (Wildman–Crippen LogP) is 5.99. The number of aromatic nitrogens is 4. The van der Waals surface area contributed by atoms with Gasteiger partial charge in [0.15, 0.2) is 0 Å². The summed E-state index contributed by atoms with van der Waals surface area (Å²) in [6, 6.07) is 12.0. The zero-order valence-electron chi connectivity index (χ0n) is 27.9. The van der Waals surface area contributed by atoms with E-state index in [2.05, 4.69) is 37.4 Å². The summed E-state index contributed by atoms with van der Waals surface area (Å²) in [5.41, 5.74) is 6.73. The van der Waals surface area contributed by atoms with Crippen molar-refractivity contribution >= 4 is 23.5 Å². The highest BCUT2D eigenvalue weighted by molar-refractivity contribution is 5.92. The quantitative estimate of drug-likeness (QED) is 0.232. The number of amides is 3. The minimum absolute atomic E-state index is 0.0889. The molecule has 3 amide bonds. The van der Waals surface area contributed by atoms with Gasteiger partial charge in [0.05, 0.1) is 33.0 Å². The van der Waals surface area contributed by atoms with Crippen molar-refractivity contribution in [3.8, 4) is 11.5 Å². The molecule has 3 N–H and O–H groups in total. The van der Waals surface area contributed by atoms with Gasteiger partial charge in [0.25, 0.3) is 0 Å². The number of ether oxygens (including phenoxy) is 3. The highest BCUT2D eigenvalue weighted by atomic mass is 16.5. The first-order valence-corrected chi connectivity index (χ1v) is 16.7. The molecule has 8 rings (SSSR count). The van der Waals surface area contributed by atoms with E-state index in [0.29, 0.717) is 24.9 Å². The monoisotopic (exact) mass is 653 g/mol. The van der Waals surface area contributed by atoms with E-state index in [1.807, 2.05) is 50.5 Å². The lowest BCUT2D eigenvalue weighted by atomic mass is 9.86. The lowest BCUT2D eigenvalue weighted by molar-refractivity contribution is 0.179. The fourth-order valence-corrected chi connectivity index (χ4v) is 7.95. The van der Waals surface area contributed by atoms with Crippen molar-refractivity contribution < 1.29 is 23.8 Å². The molecule has 12 nitrogen and oxygen atoms in total. The van der Waals surface area contributed by atoms with Gasteiger partial charge in [-0.05, 0) is 75.9 Å². The van der Waals surface area contributed by atoms with Gasteiger partial charge in [-0.15, -0.1) is 0 Å². The molecule has 4 aliphatic rings. The zero-order chi connectivity index (χ0) is 33.5. The Morgan fingerprint density at radius 2 is 1.35 bits per heavy atom. The Morgan fingerprint density at radius 3 is 1.77 bits per heavy atom. The van der Waals surface area contributed by atoms with E-state index < -0.39 is 0 Å². The van der Waals surface area contributed by atoms with Gasteiger partial charge in [0.2, 0.25) is 0 Å². The number of nitrogens with one attached hydrogen (secondary N) is 3. The molecule has 2 aliphatic carbocycles. The van der Waals surface area contributed by atoms with Crippen molar-refractivity contribution in [3.05, 3.63) is 84.0 Å². The summed E-state index contributed by atoms with van der Waals surface area (Å²) in [4.78, 5) is 42.3. The summed E-state index contributed by atoms with van der Waals surface area (Å²) in [5.74, 6) is 2.76. The normalized spacial score (nSPS) is 24.2. The Balaban J connectivity index is 0.000000152. The van der Waals surface area contributed by atoms with Gasteiger partial charge >= 0.3 is 12.1 Å². The van der Waals surface area contributed by atoms with E-state index in [0.717, 1.165) is 61.8 Å². The number of aromatic amines is 2. The maximum Gasteiger partial charge on any atom is 0.413 e. The van der Waals surface area contributed by atoms with Crippen LogP contribution >= 0.6 is 0 Å². The summed E-state index contributed by atoms with van der Waals surface area (Å²) < 4.78 is 16.6. The summed E-state index contributed by atoms with van der Waals surface area (Å²) in [6.07, 6.45) is 11.1. The van der Waals surface area contributed by atoms with Crippen LogP contribution in [0, 0.1) is 0 Å². The molecular formula is C36H43N7O5. The van der Waals surface area contributed by atoms with Crippen molar-refractivity contribution in [1.29, 1.82) is 0 Å². The molecule has 0 saturated heterocycles. The molecule has 2 aliphatic heterocycles. The number of hydrogen-bond acceptors (Lipinski definition) is 7. The molecule has 4 atom stereocenters. The lowest BCUT2D eigenvalue weighted by Gasteiger charge is -2.29. The Kier molecular flexibility index (Phi) is 8.26. The number of carbonyl (C=O) groups excluding carboxylic acids is 2. The van der Waals surface area contributed by atoms with Gasteiger partial charge in [-0.25, -0.2) is 19.6 Å². The maximum absolute atomic E-state index is 12.1. The van der Waals surface area contributed by atoms with Gasteiger partial charge < -0.3 is 29.5 Å². The van der Waals surface area contributed by atoms with Crippen LogP contribution in [0.1, 0.15) is 73.9 Å². The number of benzene rings is 2. The zero-order valence-corrected chi connectivity index (χ0v) is 27.9. The van der Waals surface area contributed by atoms with Crippen LogP contribution in [-0.4, -0.2) is 72.5 Å². The van der Waals surface area contributed by atoms with Crippen molar-refractivity contribution in [2.75, 3.05) is 50.3 Å². The Labute approximate surface area is 280 Å². The number of rotatable bonds is 6. The molecule has 2 aromatic carbocycles. The third kappa shape index (κ3) is 5.32. The van der Waals surface area contributed by atoms with E-state index in [1.54, 1.807) is 29.5 Å². The molecule has 4 unspecified atom stereocenters. The smallest absolute Gasteiger partial charge is 0.413 e. The molecular weight excluding hydrogens is 610 g/mol. The molecule has 2 aromatic heterocycles. The molecule has 4 aromatic rings. The summed E-state index contributed by atoms with van der Waals surface area (Å²) >= 11 is 0. The van der Waals surface area contributed by atoms with Crippen LogP contribution in [0.25, 0.3) is 0 Å². The number of H-pyrrole nitrogens is 2. The maximum atomic E-state index is 12.1. The highest BCUT2D eigenvalue weighted by Gasteiger charge is 2.60. The van der Waals surface area contributed by atoms with E-state index in [9.17, 15) is 9.59 Å². The average Bonchev–Trinajstić information content (AvgIpc) is 3.76. The van der Waals surface area contributed by atoms with Gasteiger partial charge in [0, 0.05) is 89.1 Å². The number of urea groups is 1. The van der Waals surface area contributed by atoms with Crippen LogP contribution in [-0.2, 0) is 15.6 Å². The third-order valence-corrected chi connectivity index (χ3v) is 10.7. The molecule has 2 saturated carbocycles. The van der Waals surface area contributed by atoms with Crippen LogP contribution < -0.4 is 24.6 Å².